The number of nitrogens with zero attached hydrogens (tertiary/aromatic N) is 3. The van der Waals surface area contributed by atoms with Gasteiger partial charge in [0.15, 0.2) is 5.17 Å². The summed E-state index contributed by atoms with van der Waals surface area (Å²) in [5, 5.41) is 17.9. The number of benzene rings is 2. The van der Waals surface area contributed by atoms with E-state index in [1.165, 1.54) is 10.7 Å². The first kappa shape index (κ1) is 18.8. The van der Waals surface area contributed by atoms with Gasteiger partial charge in [-0.1, -0.05) is 30.3 Å². The summed E-state index contributed by atoms with van der Waals surface area (Å²) in [5.74, 6) is -0.347. The molecule has 1 amide bonds. The average Bonchev–Trinajstić information content (AvgIpc) is 3.08. The first-order valence-corrected chi connectivity index (χ1v) is 9.65. The van der Waals surface area contributed by atoms with Crippen LogP contribution in [0.15, 0.2) is 64.3 Å². The normalized spacial score (nSPS) is 15.5. The van der Waals surface area contributed by atoms with E-state index in [0.717, 1.165) is 16.7 Å². The van der Waals surface area contributed by atoms with Crippen LogP contribution in [0.25, 0.3) is 11.8 Å². The fraction of sp³-hybridized carbons (Fsp3) is 0.0952. The van der Waals surface area contributed by atoms with Gasteiger partial charge in [-0.3, -0.25) is 19.7 Å². The quantitative estimate of drug-likeness (QED) is 0.653. The molecule has 2 N–H and O–H groups in total. The van der Waals surface area contributed by atoms with Gasteiger partial charge in [0, 0.05) is 7.05 Å². The molecule has 0 saturated carbocycles. The summed E-state index contributed by atoms with van der Waals surface area (Å²) < 4.78 is 3.15. The maximum absolute atomic E-state index is 13.2. The van der Waals surface area contributed by atoms with Gasteiger partial charge in [-0.05, 0) is 54.6 Å². The zero-order chi connectivity index (χ0) is 20.7. The lowest BCUT2D eigenvalue weighted by atomic mass is 10.2. The highest BCUT2D eigenvalue weighted by molar-refractivity contribution is 8.19. The van der Waals surface area contributed by atoms with Gasteiger partial charge in [0.1, 0.15) is 11.4 Å². The van der Waals surface area contributed by atoms with E-state index in [-0.39, 0.29) is 22.2 Å². The third-order valence-corrected chi connectivity index (χ3v) is 5.63. The van der Waals surface area contributed by atoms with Crippen molar-refractivity contribution in [2.24, 2.45) is 7.05 Å². The number of rotatable bonds is 3. The standard InChI is InChI=1S/C21H18N4O3S/c1-13-18(20(28)25(23(13)2)15-8-4-3-5-9-15)24-19(27)17(29-21(24)22)12-14-7-6-10-16(26)11-14/h3-12,22,26H,1-2H3/b17-12-,22-21?. The van der Waals surface area contributed by atoms with Gasteiger partial charge < -0.3 is 5.11 Å². The van der Waals surface area contributed by atoms with Crippen molar-refractivity contribution in [1.82, 2.24) is 9.36 Å². The van der Waals surface area contributed by atoms with Crippen molar-refractivity contribution in [3.63, 3.8) is 0 Å². The zero-order valence-corrected chi connectivity index (χ0v) is 16.6. The largest absolute Gasteiger partial charge is 0.508 e. The minimum absolute atomic E-state index is 0.0348. The van der Waals surface area contributed by atoms with Gasteiger partial charge in [-0.25, -0.2) is 9.58 Å². The molecule has 1 aliphatic heterocycles. The van der Waals surface area contributed by atoms with Crippen LogP contribution in [0.2, 0.25) is 0 Å². The van der Waals surface area contributed by atoms with Crippen molar-refractivity contribution in [3.8, 4) is 11.4 Å². The number of hydrogen-bond acceptors (Lipinski definition) is 5. The Kier molecular flexibility index (Phi) is 4.63. The second-order valence-electron chi connectivity index (χ2n) is 6.56. The van der Waals surface area contributed by atoms with Crippen LogP contribution in [0, 0.1) is 12.3 Å². The highest BCUT2D eigenvalue weighted by atomic mass is 32.2. The molecule has 0 spiro atoms. The van der Waals surface area contributed by atoms with Crippen molar-refractivity contribution >= 4 is 34.6 Å². The molecule has 0 radical (unpaired) electrons. The van der Waals surface area contributed by atoms with Gasteiger partial charge in [0.2, 0.25) is 0 Å². The van der Waals surface area contributed by atoms with E-state index in [2.05, 4.69) is 0 Å². The van der Waals surface area contributed by atoms with Crippen LogP contribution < -0.4 is 10.5 Å². The van der Waals surface area contributed by atoms with Gasteiger partial charge in [-0.15, -0.1) is 0 Å². The summed E-state index contributed by atoms with van der Waals surface area (Å²) in [6.45, 7) is 1.75. The molecule has 1 fully saturated rings. The lowest BCUT2D eigenvalue weighted by Gasteiger charge is -2.12. The maximum Gasteiger partial charge on any atom is 0.296 e. The van der Waals surface area contributed by atoms with Gasteiger partial charge in [0.05, 0.1) is 16.3 Å². The van der Waals surface area contributed by atoms with E-state index in [4.69, 9.17) is 5.41 Å². The van der Waals surface area contributed by atoms with Crippen LogP contribution in [0.5, 0.6) is 5.75 Å². The van der Waals surface area contributed by atoms with Crippen molar-refractivity contribution in [2.75, 3.05) is 4.90 Å². The Morgan fingerprint density at radius 1 is 1.07 bits per heavy atom. The molecule has 1 saturated heterocycles. The summed E-state index contributed by atoms with van der Waals surface area (Å²) in [4.78, 5) is 27.7. The molecule has 0 aliphatic carbocycles. The predicted molar refractivity (Wildman–Crippen MR) is 115 cm³/mol. The summed E-state index contributed by atoms with van der Waals surface area (Å²) in [6.07, 6.45) is 1.61. The molecular weight excluding hydrogens is 388 g/mol. The Hall–Kier alpha value is -3.52. The van der Waals surface area contributed by atoms with E-state index >= 15 is 0 Å². The minimum Gasteiger partial charge on any atom is -0.508 e. The topological polar surface area (TPSA) is 91.3 Å². The summed E-state index contributed by atoms with van der Waals surface area (Å²) in [5.41, 5.74) is 1.69. The number of carbonyl (C=O) groups excluding carboxylic acids is 1. The number of aromatic nitrogens is 2. The average molecular weight is 406 g/mol. The number of amides is 1. The van der Waals surface area contributed by atoms with Crippen molar-refractivity contribution in [3.05, 3.63) is 81.1 Å². The van der Waals surface area contributed by atoms with Crippen LogP contribution >= 0.6 is 11.8 Å². The fourth-order valence-electron chi connectivity index (χ4n) is 3.27. The summed E-state index contributed by atoms with van der Waals surface area (Å²) >= 11 is 0.987. The number of thioether (sulfide) groups is 1. The van der Waals surface area contributed by atoms with Crippen LogP contribution in [0.3, 0.4) is 0 Å². The number of aromatic hydroxyl groups is 1. The molecule has 8 heteroatoms. The highest BCUT2D eigenvalue weighted by Crippen LogP contribution is 2.35. The molecule has 0 atom stereocenters. The molecule has 2 aromatic carbocycles. The van der Waals surface area contributed by atoms with Crippen molar-refractivity contribution in [1.29, 1.82) is 5.41 Å². The van der Waals surface area contributed by atoms with Crippen LogP contribution in [-0.4, -0.2) is 25.5 Å². The fourth-order valence-corrected chi connectivity index (χ4v) is 4.12. The second-order valence-corrected chi connectivity index (χ2v) is 7.59. The number of carbonyl (C=O) groups is 1. The first-order valence-electron chi connectivity index (χ1n) is 8.84. The number of para-hydroxylation sites is 1. The first-order chi connectivity index (χ1) is 13.9. The Labute approximate surface area is 171 Å². The molecule has 0 bridgehead atoms. The van der Waals surface area contributed by atoms with Gasteiger partial charge >= 0.3 is 0 Å². The van der Waals surface area contributed by atoms with Crippen molar-refractivity contribution in [2.45, 2.75) is 6.92 Å². The molecular formula is C21H18N4O3S. The van der Waals surface area contributed by atoms with E-state index in [0.29, 0.717) is 21.8 Å². The third kappa shape index (κ3) is 3.17. The number of hydrogen-bond donors (Lipinski definition) is 2. The minimum atomic E-state index is -0.436. The van der Waals surface area contributed by atoms with E-state index in [1.807, 2.05) is 30.3 Å². The van der Waals surface area contributed by atoms with Gasteiger partial charge in [-0.2, -0.15) is 0 Å². The number of nitrogens with one attached hydrogen (secondary N) is 1. The lowest BCUT2D eigenvalue weighted by molar-refractivity contribution is -0.113. The molecule has 2 heterocycles. The number of amidine groups is 1. The molecule has 146 valence electrons. The Bertz CT molecular complexity index is 1220. The Balaban J connectivity index is 1.79. The van der Waals surface area contributed by atoms with Crippen LogP contribution in [0.1, 0.15) is 11.3 Å². The second kappa shape index (κ2) is 7.14. The third-order valence-electron chi connectivity index (χ3n) is 4.74. The predicted octanol–water partition coefficient (Wildman–Crippen LogP) is 3.25. The van der Waals surface area contributed by atoms with E-state index in [1.54, 1.807) is 42.9 Å². The number of phenols is 1. The number of anilines is 1. The highest BCUT2D eigenvalue weighted by Gasteiger charge is 2.37. The molecule has 4 rings (SSSR count). The van der Waals surface area contributed by atoms with Crippen LogP contribution in [0.4, 0.5) is 5.69 Å². The van der Waals surface area contributed by atoms with E-state index < -0.39 is 5.91 Å². The summed E-state index contributed by atoms with van der Waals surface area (Å²) in [6, 6.07) is 15.6. The smallest absolute Gasteiger partial charge is 0.296 e. The Morgan fingerprint density at radius 2 is 1.79 bits per heavy atom. The molecule has 3 aromatic rings. The molecule has 7 nitrogen and oxygen atoms in total. The molecule has 29 heavy (non-hydrogen) atoms. The SMILES string of the molecule is Cc1c(N2C(=N)S/C(=C\c3cccc(O)c3)C2=O)c(=O)n(-c2ccccc2)n1C. The van der Waals surface area contributed by atoms with E-state index in [9.17, 15) is 14.7 Å². The Morgan fingerprint density at radius 3 is 2.48 bits per heavy atom. The summed E-state index contributed by atoms with van der Waals surface area (Å²) in [7, 11) is 1.74. The maximum atomic E-state index is 13.2. The molecule has 0 unspecified atom stereocenters. The molecule has 1 aliphatic rings. The lowest BCUT2D eigenvalue weighted by Crippen LogP contribution is -2.33. The van der Waals surface area contributed by atoms with Crippen molar-refractivity contribution < 1.29 is 9.90 Å². The zero-order valence-electron chi connectivity index (χ0n) is 15.8. The van der Waals surface area contributed by atoms with Crippen LogP contribution in [-0.2, 0) is 11.8 Å². The molecule has 1 aromatic heterocycles. The monoisotopic (exact) mass is 406 g/mol. The van der Waals surface area contributed by atoms with Gasteiger partial charge in [0.25, 0.3) is 11.5 Å². The number of phenolic OH excluding ortho intramolecular Hbond substituents is 1.